The number of ether oxygens (including phenoxy) is 3. The maximum Gasteiger partial charge on any atom is 0.306 e. The van der Waals surface area contributed by atoms with Crippen molar-refractivity contribution in [3.63, 3.8) is 0 Å². The van der Waals surface area contributed by atoms with Crippen LogP contribution in [0.2, 0.25) is 0 Å². The average Bonchev–Trinajstić information content (AvgIpc) is 3.15. The van der Waals surface area contributed by atoms with Crippen LogP contribution < -0.4 is 0 Å². The molecule has 0 amide bonds. The molecular formula is C47H80O6. The lowest BCUT2D eigenvalue weighted by Gasteiger charge is -2.18. The van der Waals surface area contributed by atoms with Crippen molar-refractivity contribution >= 4 is 17.9 Å². The molecule has 6 heteroatoms. The highest BCUT2D eigenvalue weighted by atomic mass is 16.6. The summed E-state index contributed by atoms with van der Waals surface area (Å²) in [6.07, 6.45) is 49.4. The topological polar surface area (TPSA) is 78.9 Å². The predicted molar refractivity (Wildman–Crippen MR) is 224 cm³/mol. The fraction of sp³-hybridized carbons (Fsp3) is 0.723. The van der Waals surface area contributed by atoms with E-state index in [0.717, 1.165) is 70.6 Å². The largest absolute Gasteiger partial charge is 0.462 e. The second-order valence-electron chi connectivity index (χ2n) is 14.2. The van der Waals surface area contributed by atoms with E-state index >= 15 is 0 Å². The Morgan fingerprint density at radius 2 is 0.774 bits per heavy atom. The van der Waals surface area contributed by atoms with E-state index < -0.39 is 12.1 Å². The smallest absolute Gasteiger partial charge is 0.306 e. The Bertz CT molecular complexity index is 991. The summed E-state index contributed by atoms with van der Waals surface area (Å²) in [4.78, 5) is 37.5. The van der Waals surface area contributed by atoms with Crippen LogP contribution in [0.5, 0.6) is 0 Å². The van der Waals surface area contributed by atoms with Crippen LogP contribution in [0.3, 0.4) is 0 Å². The molecule has 0 saturated carbocycles. The lowest BCUT2D eigenvalue weighted by molar-refractivity contribution is -0.166. The molecule has 0 aliphatic rings. The summed E-state index contributed by atoms with van der Waals surface area (Å²) in [7, 11) is 0. The van der Waals surface area contributed by atoms with Gasteiger partial charge in [0, 0.05) is 19.3 Å². The first-order valence-electron chi connectivity index (χ1n) is 21.8. The second kappa shape index (κ2) is 41.9. The van der Waals surface area contributed by atoms with Gasteiger partial charge in [-0.3, -0.25) is 14.4 Å². The fourth-order valence-electron chi connectivity index (χ4n) is 5.74. The van der Waals surface area contributed by atoms with Crippen molar-refractivity contribution in [2.75, 3.05) is 13.2 Å². The van der Waals surface area contributed by atoms with Crippen molar-refractivity contribution in [1.29, 1.82) is 0 Å². The second-order valence-corrected chi connectivity index (χ2v) is 14.2. The van der Waals surface area contributed by atoms with Crippen molar-refractivity contribution in [3.05, 3.63) is 60.8 Å². The van der Waals surface area contributed by atoms with Crippen molar-refractivity contribution < 1.29 is 28.6 Å². The monoisotopic (exact) mass is 741 g/mol. The third kappa shape index (κ3) is 40.1. The van der Waals surface area contributed by atoms with E-state index in [-0.39, 0.29) is 31.6 Å². The van der Waals surface area contributed by atoms with Crippen LogP contribution in [0.4, 0.5) is 0 Å². The van der Waals surface area contributed by atoms with Gasteiger partial charge in [0.05, 0.1) is 0 Å². The summed E-state index contributed by atoms with van der Waals surface area (Å²) in [5, 5.41) is 0. The molecule has 0 aliphatic heterocycles. The molecule has 0 heterocycles. The summed E-state index contributed by atoms with van der Waals surface area (Å²) >= 11 is 0. The minimum Gasteiger partial charge on any atom is -0.462 e. The zero-order chi connectivity index (χ0) is 38.7. The van der Waals surface area contributed by atoms with Crippen LogP contribution in [0.1, 0.15) is 201 Å². The van der Waals surface area contributed by atoms with Gasteiger partial charge in [-0.15, -0.1) is 0 Å². The Labute approximate surface area is 326 Å². The van der Waals surface area contributed by atoms with Crippen LogP contribution >= 0.6 is 0 Å². The van der Waals surface area contributed by atoms with Gasteiger partial charge in [-0.1, -0.05) is 171 Å². The van der Waals surface area contributed by atoms with Crippen molar-refractivity contribution in [1.82, 2.24) is 0 Å². The van der Waals surface area contributed by atoms with Gasteiger partial charge in [0.2, 0.25) is 0 Å². The van der Waals surface area contributed by atoms with E-state index in [1.807, 2.05) is 12.2 Å². The van der Waals surface area contributed by atoms with E-state index in [2.05, 4.69) is 69.4 Å². The van der Waals surface area contributed by atoms with Gasteiger partial charge in [-0.2, -0.15) is 0 Å². The summed E-state index contributed by atoms with van der Waals surface area (Å²) < 4.78 is 16.5. The Balaban J connectivity index is 4.43. The van der Waals surface area contributed by atoms with E-state index in [4.69, 9.17) is 14.2 Å². The number of unbranched alkanes of at least 4 members (excludes halogenated alkanes) is 17. The Morgan fingerprint density at radius 1 is 0.396 bits per heavy atom. The molecule has 6 nitrogen and oxygen atoms in total. The molecule has 0 saturated heterocycles. The molecule has 0 fully saturated rings. The highest BCUT2D eigenvalue weighted by Crippen LogP contribution is 2.12. The van der Waals surface area contributed by atoms with Gasteiger partial charge in [0.1, 0.15) is 13.2 Å². The third-order valence-corrected chi connectivity index (χ3v) is 9.02. The highest BCUT2D eigenvalue weighted by Gasteiger charge is 2.19. The molecule has 0 aliphatic carbocycles. The fourth-order valence-corrected chi connectivity index (χ4v) is 5.74. The number of hydrogen-bond acceptors (Lipinski definition) is 6. The minimum atomic E-state index is -0.809. The number of carbonyl (C=O) groups excluding carboxylic acids is 3. The third-order valence-electron chi connectivity index (χ3n) is 9.02. The van der Waals surface area contributed by atoms with Gasteiger partial charge in [0.25, 0.3) is 0 Å². The quantitative estimate of drug-likeness (QED) is 0.0271. The average molecular weight is 741 g/mol. The summed E-state index contributed by atoms with van der Waals surface area (Å²) in [5.41, 5.74) is 0. The zero-order valence-electron chi connectivity index (χ0n) is 34.5. The van der Waals surface area contributed by atoms with Crippen LogP contribution in [0.15, 0.2) is 60.8 Å². The first-order chi connectivity index (χ1) is 26.0. The Kier molecular flexibility index (Phi) is 39.6. The summed E-state index contributed by atoms with van der Waals surface area (Å²) in [5.74, 6) is -1.01. The molecule has 0 N–H and O–H groups in total. The molecule has 0 rings (SSSR count). The van der Waals surface area contributed by atoms with Crippen LogP contribution in [-0.2, 0) is 28.6 Å². The zero-order valence-corrected chi connectivity index (χ0v) is 34.5. The molecule has 53 heavy (non-hydrogen) atoms. The van der Waals surface area contributed by atoms with E-state index in [0.29, 0.717) is 19.3 Å². The first kappa shape index (κ1) is 50.1. The van der Waals surface area contributed by atoms with Gasteiger partial charge in [-0.05, 0) is 70.6 Å². The highest BCUT2D eigenvalue weighted by molar-refractivity contribution is 5.71. The number of esters is 3. The lowest BCUT2D eigenvalue weighted by Crippen LogP contribution is -2.30. The SMILES string of the molecule is CC/C=C\C/C=C\C/C=C\C/C=C\CCC(=O)OC(COC(=O)CCCCCCC/C=C\CCCCCCCC)COC(=O)CCCCCCCCC. The molecular weight excluding hydrogens is 661 g/mol. The normalized spacial score (nSPS) is 12.6. The van der Waals surface area contributed by atoms with Gasteiger partial charge >= 0.3 is 17.9 Å². The van der Waals surface area contributed by atoms with E-state index in [9.17, 15) is 14.4 Å². The maximum absolute atomic E-state index is 12.6. The van der Waals surface area contributed by atoms with Crippen LogP contribution in [-0.4, -0.2) is 37.2 Å². The van der Waals surface area contributed by atoms with Crippen LogP contribution in [0.25, 0.3) is 0 Å². The van der Waals surface area contributed by atoms with Crippen molar-refractivity contribution in [2.24, 2.45) is 0 Å². The van der Waals surface area contributed by atoms with Crippen molar-refractivity contribution in [3.8, 4) is 0 Å². The molecule has 0 radical (unpaired) electrons. The van der Waals surface area contributed by atoms with Gasteiger partial charge in [-0.25, -0.2) is 0 Å². The Hall–Kier alpha value is -2.89. The maximum atomic E-state index is 12.6. The summed E-state index contributed by atoms with van der Waals surface area (Å²) in [6.45, 7) is 6.38. The molecule has 0 spiro atoms. The number of carbonyl (C=O) groups is 3. The number of allylic oxidation sites excluding steroid dienone is 10. The molecule has 0 bridgehead atoms. The molecule has 0 aromatic heterocycles. The van der Waals surface area contributed by atoms with Crippen molar-refractivity contribution in [2.45, 2.75) is 207 Å². The Morgan fingerprint density at radius 3 is 1.23 bits per heavy atom. The minimum absolute atomic E-state index is 0.105. The van der Waals surface area contributed by atoms with Gasteiger partial charge < -0.3 is 14.2 Å². The molecule has 1 atom stereocenters. The van der Waals surface area contributed by atoms with Gasteiger partial charge in [0.15, 0.2) is 6.10 Å². The molecule has 0 aromatic rings. The lowest BCUT2D eigenvalue weighted by atomic mass is 10.1. The standard InChI is InChI=1S/C47H80O6/c1-4-7-10-13-16-18-20-22-23-25-26-28-31-34-37-40-46(49)52-43-44(42-51-45(48)39-36-33-30-15-12-9-6-3)53-47(50)41-38-35-32-29-27-24-21-19-17-14-11-8-5-2/h8,11,17,19,22-24,27,32,35,44H,4-7,9-10,12-16,18,20-21,25-26,28-31,33-34,36-43H2,1-3H3/b11-8-,19-17-,23-22-,27-24-,35-32-. The van der Waals surface area contributed by atoms with E-state index in [1.165, 1.54) is 83.5 Å². The number of rotatable bonds is 38. The first-order valence-corrected chi connectivity index (χ1v) is 21.8. The molecule has 304 valence electrons. The molecule has 0 aromatic carbocycles. The molecule has 1 unspecified atom stereocenters. The van der Waals surface area contributed by atoms with Crippen LogP contribution in [0, 0.1) is 0 Å². The predicted octanol–water partition coefficient (Wildman–Crippen LogP) is 13.7. The number of hydrogen-bond donors (Lipinski definition) is 0. The van der Waals surface area contributed by atoms with E-state index in [1.54, 1.807) is 0 Å². The summed E-state index contributed by atoms with van der Waals surface area (Å²) in [6, 6.07) is 0.